The number of sulfonamides is 1. The first kappa shape index (κ1) is 26.8. The van der Waals surface area contributed by atoms with E-state index in [4.69, 9.17) is 11.6 Å². The second-order valence-electron chi connectivity index (χ2n) is 8.05. The fourth-order valence-corrected chi connectivity index (χ4v) is 4.52. The van der Waals surface area contributed by atoms with E-state index in [-0.39, 0.29) is 17.3 Å². The molecule has 7 nitrogen and oxygen atoms in total. The molecule has 1 N–H and O–H groups in total. The summed E-state index contributed by atoms with van der Waals surface area (Å²) >= 11 is 5.86. The highest BCUT2D eigenvalue weighted by atomic mass is 35.5. The normalized spacial score (nSPS) is 12.4. The van der Waals surface area contributed by atoms with Crippen LogP contribution in [0.2, 0.25) is 5.02 Å². The van der Waals surface area contributed by atoms with Gasteiger partial charge in [-0.05, 0) is 50.1 Å². The molecule has 33 heavy (non-hydrogen) atoms. The monoisotopic (exact) mass is 493 g/mol. The van der Waals surface area contributed by atoms with Gasteiger partial charge in [-0.2, -0.15) is 4.31 Å². The molecule has 0 fully saturated rings. The fourth-order valence-electron chi connectivity index (χ4n) is 3.28. The number of carbonyl (C=O) groups is 2. The van der Waals surface area contributed by atoms with Crippen LogP contribution >= 0.6 is 11.6 Å². The summed E-state index contributed by atoms with van der Waals surface area (Å²) in [5.74, 6) is -0.734. The third kappa shape index (κ3) is 7.55. The summed E-state index contributed by atoms with van der Waals surface area (Å²) in [5.41, 5.74) is 1.89. The second kappa shape index (κ2) is 12.2. The minimum atomic E-state index is -3.90. The topological polar surface area (TPSA) is 86.8 Å². The first-order chi connectivity index (χ1) is 15.6. The van der Waals surface area contributed by atoms with E-state index in [9.17, 15) is 18.0 Å². The van der Waals surface area contributed by atoms with Crippen LogP contribution in [0.3, 0.4) is 0 Å². The SMILES string of the molecule is CCCCNC(=O)C(C)N(Cc1cccc(C)c1)C(=O)CN(C)S(=O)(=O)c1ccc(Cl)cc1. The molecule has 0 aromatic heterocycles. The van der Waals surface area contributed by atoms with Crippen molar-refractivity contribution in [2.24, 2.45) is 0 Å². The number of amides is 2. The van der Waals surface area contributed by atoms with Crippen LogP contribution in [0.1, 0.15) is 37.8 Å². The Labute approximate surface area is 201 Å². The molecule has 1 unspecified atom stereocenters. The smallest absolute Gasteiger partial charge is 0.243 e. The van der Waals surface area contributed by atoms with Gasteiger partial charge in [-0.15, -0.1) is 0 Å². The van der Waals surface area contributed by atoms with E-state index < -0.39 is 28.5 Å². The van der Waals surface area contributed by atoms with Crippen LogP contribution < -0.4 is 5.32 Å². The number of rotatable bonds is 11. The number of halogens is 1. The average Bonchev–Trinajstić information content (AvgIpc) is 2.77. The number of nitrogens with zero attached hydrogens (tertiary/aromatic N) is 2. The number of likely N-dealkylation sites (N-methyl/N-ethyl adjacent to an activating group) is 1. The number of hydrogen-bond donors (Lipinski definition) is 1. The van der Waals surface area contributed by atoms with Gasteiger partial charge in [0, 0.05) is 25.2 Å². The number of benzene rings is 2. The summed E-state index contributed by atoms with van der Waals surface area (Å²) in [4.78, 5) is 27.4. The molecule has 2 amide bonds. The summed E-state index contributed by atoms with van der Waals surface area (Å²) in [7, 11) is -2.55. The Morgan fingerprint density at radius 1 is 1.12 bits per heavy atom. The molecule has 1 atom stereocenters. The van der Waals surface area contributed by atoms with Crippen molar-refractivity contribution >= 4 is 33.4 Å². The van der Waals surface area contributed by atoms with Crippen LogP contribution in [0.5, 0.6) is 0 Å². The van der Waals surface area contributed by atoms with Crippen molar-refractivity contribution in [2.75, 3.05) is 20.1 Å². The molecule has 0 heterocycles. The Morgan fingerprint density at radius 3 is 2.39 bits per heavy atom. The zero-order valence-electron chi connectivity index (χ0n) is 19.5. The van der Waals surface area contributed by atoms with Crippen LogP contribution in [0, 0.1) is 6.92 Å². The Balaban J connectivity index is 2.24. The fraction of sp³-hybridized carbons (Fsp3) is 0.417. The van der Waals surface area contributed by atoms with Gasteiger partial charge < -0.3 is 10.2 Å². The minimum absolute atomic E-state index is 0.0396. The molecule has 0 aliphatic carbocycles. The van der Waals surface area contributed by atoms with E-state index in [2.05, 4.69) is 5.32 Å². The van der Waals surface area contributed by atoms with E-state index >= 15 is 0 Å². The van der Waals surface area contributed by atoms with Crippen LogP contribution in [0.25, 0.3) is 0 Å². The van der Waals surface area contributed by atoms with Crippen molar-refractivity contribution < 1.29 is 18.0 Å². The predicted octanol–water partition coefficient (Wildman–Crippen LogP) is 3.60. The maximum absolute atomic E-state index is 13.3. The zero-order chi connectivity index (χ0) is 24.6. The number of unbranched alkanes of at least 4 members (excludes halogenated alkanes) is 1. The Morgan fingerprint density at radius 2 is 1.79 bits per heavy atom. The molecular formula is C24H32ClN3O4S. The van der Waals surface area contributed by atoms with Gasteiger partial charge in [0.1, 0.15) is 6.04 Å². The van der Waals surface area contributed by atoms with Crippen LogP contribution in [-0.4, -0.2) is 55.6 Å². The van der Waals surface area contributed by atoms with E-state index in [0.717, 1.165) is 28.3 Å². The first-order valence-electron chi connectivity index (χ1n) is 10.9. The lowest BCUT2D eigenvalue weighted by Gasteiger charge is -2.30. The standard InChI is InChI=1S/C24H32ClN3O4S/c1-5-6-14-26-24(30)19(3)28(16-20-9-7-8-18(2)15-20)23(29)17-27(4)33(31,32)22-12-10-21(25)11-13-22/h7-13,15,19H,5-6,14,16-17H2,1-4H3,(H,26,30). The van der Waals surface area contributed by atoms with Crippen molar-refractivity contribution in [2.45, 2.75) is 51.1 Å². The Hall–Kier alpha value is -2.42. The average molecular weight is 494 g/mol. The van der Waals surface area contributed by atoms with Crippen molar-refractivity contribution in [1.29, 1.82) is 0 Å². The largest absolute Gasteiger partial charge is 0.354 e. The predicted molar refractivity (Wildman–Crippen MR) is 130 cm³/mol. The molecule has 2 rings (SSSR count). The van der Waals surface area contributed by atoms with Crippen LogP contribution in [-0.2, 0) is 26.2 Å². The Bertz CT molecular complexity index is 1060. The molecule has 0 spiro atoms. The molecule has 0 aliphatic heterocycles. The van der Waals surface area contributed by atoms with Gasteiger partial charge in [-0.1, -0.05) is 54.8 Å². The number of nitrogens with one attached hydrogen (secondary N) is 1. The summed E-state index contributed by atoms with van der Waals surface area (Å²) in [6.07, 6.45) is 1.78. The van der Waals surface area contributed by atoms with Crippen molar-refractivity contribution in [3.63, 3.8) is 0 Å². The molecule has 180 valence electrons. The van der Waals surface area contributed by atoms with Crippen molar-refractivity contribution in [3.05, 3.63) is 64.7 Å². The lowest BCUT2D eigenvalue weighted by molar-refractivity contribution is -0.140. The minimum Gasteiger partial charge on any atom is -0.354 e. The maximum atomic E-state index is 13.3. The number of aryl methyl sites for hydroxylation is 1. The lowest BCUT2D eigenvalue weighted by atomic mass is 10.1. The summed E-state index contributed by atoms with van der Waals surface area (Å²) in [5, 5.41) is 3.27. The molecule has 9 heteroatoms. The Kier molecular flexibility index (Phi) is 9.88. The highest BCUT2D eigenvalue weighted by molar-refractivity contribution is 7.89. The summed E-state index contributed by atoms with van der Waals surface area (Å²) in [6.45, 7) is 5.95. The van der Waals surface area contributed by atoms with Gasteiger partial charge in [0.25, 0.3) is 0 Å². The van der Waals surface area contributed by atoms with Gasteiger partial charge in [-0.3, -0.25) is 9.59 Å². The zero-order valence-corrected chi connectivity index (χ0v) is 21.1. The van der Waals surface area contributed by atoms with Gasteiger partial charge >= 0.3 is 0 Å². The third-order valence-corrected chi connectivity index (χ3v) is 7.38. The van der Waals surface area contributed by atoms with Crippen molar-refractivity contribution in [3.8, 4) is 0 Å². The molecule has 2 aromatic carbocycles. The molecule has 2 aromatic rings. The van der Waals surface area contributed by atoms with Crippen molar-refractivity contribution in [1.82, 2.24) is 14.5 Å². The molecular weight excluding hydrogens is 462 g/mol. The number of carbonyl (C=O) groups excluding carboxylic acids is 2. The molecule has 0 radical (unpaired) electrons. The van der Waals surface area contributed by atoms with E-state index in [1.54, 1.807) is 6.92 Å². The van der Waals surface area contributed by atoms with Gasteiger partial charge in [0.05, 0.1) is 11.4 Å². The van der Waals surface area contributed by atoms with Crippen LogP contribution in [0.4, 0.5) is 0 Å². The molecule has 0 saturated heterocycles. The highest BCUT2D eigenvalue weighted by Crippen LogP contribution is 2.18. The third-order valence-electron chi connectivity index (χ3n) is 5.31. The lowest BCUT2D eigenvalue weighted by Crippen LogP contribution is -2.50. The molecule has 0 saturated carbocycles. The van der Waals surface area contributed by atoms with Gasteiger partial charge in [-0.25, -0.2) is 8.42 Å². The second-order valence-corrected chi connectivity index (χ2v) is 10.5. The summed E-state index contributed by atoms with van der Waals surface area (Å²) in [6, 6.07) is 12.6. The summed E-state index contributed by atoms with van der Waals surface area (Å²) < 4.78 is 26.8. The molecule has 0 bridgehead atoms. The maximum Gasteiger partial charge on any atom is 0.243 e. The van der Waals surface area contributed by atoms with Gasteiger partial charge in [0.15, 0.2) is 0 Å². The number of hydrogen-bond acceptors (Lipinski definition) is 4. The van der Waals surface area contributed by atoms with E-state index in [1.807, 2.05) is 38.1 Å². The highest BCUT2D eigenvalue weighted by Gasteiger charge is 2.30. The van der Waals surface area contributed by atoms with E-state index in [0.29, 0.717) is 11.6 Å². The van der Waals surface area contributed by atoms with Crippen LogP contribution in [0.15, 0.2) is 53.4 Å². The van der Waals surface area contributed by atoms with E-state index in [1.165, 1.54) is 36.2 Å². The first-order valence-corrected chi connectivity index (χ1v) is 12.7. The van der Waals surface area contributed by atoms with Gasteiger partial charge in [0.2, 0.25) is 21.8 Å². The quantitative estimate of drug-likeness (QED) is 0.484. The molecule has 0 aliphatic rings.